The Hall–Kier alpha value is -2.85. The zero-order valence-corrected chi connectivity index (χ0v) is 25.5. The molecule has 0 bridgehead atoms. The summed E-state index contributed by atoms with van der Waals surface area (Å²) in [5, 5.41) is 1.28. The van der Waals surface area contributed by atoms with Crippen molar-refractivity contribution in [1.82, 2.24) is 9.47 Å². The summed E-state index contributed by atoms with van der Waals surface area (Å²) in [5.74, 6) is 0.414. The minimum atomic E-state index is -0.624. The summed E-state index contributed by atoms with van der Waals surface area (Å²) in [4.78, 5) is 35.6. The molecule has 39 heavy (non-hydrogen) atoms. The second-order valence-electron chi connectivity index (χ2n) is 8.81. The molecule has 1 aliphatic heterocycles. The molecule has 0 saturated heterocycles. The molecule has 200 valence electrons. The Morgan fingerprint density at radius 2 is 1.87 bits per heavy atom. The average Bonchev–Trinajstić information content (AvgIpc) is 3.42. The fraction of sp³-hybridized carbons (Fsp3) is 0.207. The van der Waals surface area contributed by atoms with E-state index in [2.05, 4.69) is 15.9 Å². The number of amides is 1. The van der Waals surface area contributed by atoms with Crippen LogP contribution < -0.4 is 14.9 Å². The van der Waals surface area contributed by atoms with Gasteiger partial charge in [-0.15, -0.1) is 0 Å². The number of rotatable bonds is 7. The van der Waals surface area contributed by atoms with Crippen molar-refractivity contribution in [3.8, 4) is 0 Å². The van der Waals surface area contributed by atoms with Gasteiger partial charge in [-0.05, 0) is 72.6 Å². The largest absolute Gasteiger partial charge is 0.449 e. The molecule has 0 aliphatic carbocycles. The van der Waals surface area contributed by atoms with Crippen LogP contribution in [0, 0.1) is 0 Å². The number of aromatic nitrogens is 1. The Balaban J connectivity index is 1.62. The van der Waals surface area contributed by atoms with Crippen molar-refractivity contribution in [1.29, 1.82) is 0 Å². The molecule has 10 heteroatoms. The fourth-order valence-electron chi connectivity index (χ4n) is 4.47. The van der Waals surface area contributed by atoms with E-state index in [0.717, 1.165) is 14.9 Å². The summed E-state index contributed by atoms with van der Waals surface area (Å²) < 4.78 is 8.96. The predicted molar refractivity (Wildman–Crippen MR) is 160 cm³/mol. The molecule has 1 aliphatic rings. The van der Waals surface area contributed by atoms with Gasteiger partial charge in [-0.25, -0.2) is 4.99 Å². The minimum Gasteiger partial charge on any atom is -0.449 e. The van der Waals surface area contributed by atoms with E-state index in [1.165, 1.54) is 23.1 Å². The van der Waals surface area contributed by atoms with E-state index < -0.39 is 6.04 Å². The van der Waals surface area contributed by atoms with E-state index in [9.17, 15) is 9.59 Å². The number of allylic oxidation sites excluding steroid dienone is 1. The number of halogens is 2. The molecule has 1 amide bonds. The average molecular weight is 643 g/mol. The van der Waals surface area contributed by atoms with Gasteiger partial charge in [0, 0.05) is 29.1 Å². The quantitative estimate of drug-likeness (QED) is 0.239. The maximum absolute atomic E-state index is 13.9. The number of benzene rings is 2. The standard InChI is InChI=1S/C29H25BrClN3O3S2/c1-4-33(5-2)27(36)24-17(3)32-29-34(25(24)18-11-13-19(31)14-12-18)26(35)23(39-29)16-20-15-22(30)28(37-20)38-21-9-7-6-8-10-21/h6-16,25H,4-5H2,1-3H3/b23-16+/t25-/m1/s1. The second kappa shape index (κ2) is 11.7. The lowest BCUT2D eigenvalue weighted by atomic mass is 9.94. The molecule has 6 nitrogen and oxygen atoms in total. The van der Waals surface area contributed by atoms with E-state index in [1.54, 1.807) is 27.7 Å². The molecule has 0 unspecified atom stereocenters. The fourth-order valence-corrected chi connectivity index (χ4v) is 6.97. The molecule has 1 atom stereocenters. The first-order valence-electron chi connectivity index (χ1n) is 12.4. The van der Waals surface area contributed by atoms with Crippen LogP contribution in [0.2, 0.25) is 5.02 Å². The zero-order valence-electron chi connectivity index (χ0n) is 21.5. The lowest BCUT2D eigenvalue weighted by Crippen LogP contribution is -2.43. The van der Waals surface area contributed by atoms with Crippen LogP contribution >= 0.6 is 50.6 Å². The monoisotopic (exact) mass is 641 g/mol. The van der Waals surface area contributed by atoms with Crippen LogP contribution in [0.3, 0.4) is 0 Å². The predicted octanol–water partition coefficient (Wildman–Crippen LogP) is 6.26. The maximum atomic E-state index is 13.9. The molecule has 4 aromatic rings. The van der Waals surface area contributed by atoms with Gasteiger partial charge in [-0.2, -0.15) is 0 Å². The number of hydrogen-bond acceptors (Lipinski definition) is 6. The summed E-state index contributed by atoms with van der Waals surface area (Å²) in [5.41, 5.74) is 1.64. The molecular formula is C29H25BrClN3O3S2. The van der Waals surface area contributed by atoms with Gasteiger partial charge in [0.2, 0.25) is 0 Å². The lowest BCUT2D eigenvalue weighted by Gasteiger charge is -2.29. The molecule has 3 heterocycles. The molecule has 0 spiro atoms. The van der Waals surface area contributed by atoms with Gasteiger partial charge in [0.05, 0.1) is 26.3 Å². The zero-order chi connectivity index (χ0) is 27.7. The summed E-state index contributed by atoms with van der Waals surface area (Å²) in [7, 11) is 0. The molecule has 5 rings (SSSR count). The van der Waals surface area contributed by atoms with Crippen molar-refractivity contribution in [3.63, 3.8) is 0 Å². The van der Waals surface area contributed by atoms with Gasteiger partial charge < -0.3 is 9.32 Å². The maximum Gasteiger partial charge on any atom is 0.271 e. The Kier molecular flexibility index (Phi) is 8.32. The van der Waals surface area contributed by atoms with Crippen LogP contribution in [0.1, 0.15) is 38.1 Å². The Bertz CT molecular complexity index is 1740. The third kappa shape index (κ3) is 5.59. The Labute approximate surface area is 247 Å². The molecule has 0 N–H and O–H groups in total. The topological polar surface area (TPSA) is 67.8 Å². The van der Waals surface area contributed by atoms with Crippen molar-refractivity contribution >= 4 is 62.6 Å². The van der Waals surface area contributed by atoms with Crippen LogP contribution in [-0.2, 0) is 4.79 Å². The summed E-state index contributed by atoms with van der Waals surface area (Å²) >= 11 is 12.5. The third-order valence-corrected chi connectivity index (χ3v) is 9.47. The number of carbonyl (C=O) groups excluding carboxylic acids is 1. The van der Waals surface area contributed by atoms with Gasteiger partial charge in [-0.3, -0.25) is 14.2 Å². The molecule has 2 aromatic carbocycles. The van der Waals surface area contributed by atoms with Crippen molar-refractivity contribution in [3.05, 3.63) is 112 Å². The highest BCUT2D eigenvalue weighted by Gasteiger charge is 2.34. The first kappa shape index (κ1) is 27.7. The smallest absolute Gasteiger partial charge is 0.271 e. The molecule has 2 aromatic heterocycles. The molecule has 0 fully saturated rings. The van der Waals surface area contributed by atoms with Crippen LogP contribution in [-0.4, -0.2) is 28.5 Å². The van der Waals surface area contributed by atoms with Crippen LogP contribution in [0.25, 0.3) is 6.08 Å². The van der Waals surface area contributed by atoms with Crippen molar-refractivity contribution in [2.24, 2.45) is 4.99 Å². The van der Waals surface area contributed by atoms with E-state index in [1.807, 2.05) is 69.3 Å². The number of hydrogen-bond donors (Lipinski definition) is 0. The number of nitrogens with zero attached hydrogens (tertiary/aromatic N) is 3. The molecule has 0 saturated carbocycles. The highest BCUT2D eigenvalue weighted by atomic mass is 79.9. The highest BCUT2D eigenvalue weighted by Crippen LogP contribution is 2.36. The number of thiazole rings is 1. The highest BCUT2D eigenvalue weighted by molar-refractivity contribution is 9.10. The van der Waals surface area contributed by atoms with Crippen molar-refractivity contribution in [2.45, 2.75) is 36.8 Å². The van der Waals surface area contributed by atoms with Crippen molar-refractivity contribution in [2.75, 3.05) is 13.1 Å². The normalized spacial score (nSPS) is 15.3. The number of furan rings is 1. The van der Waals surface area contributed by atoms with Crippen molar-refractivity contribution < 1.29 is 9.21 Å². The van der Waals surface area contributed by atoms with Crippen LogP contribution in [0.15, 0.2) is 101 Å². The molecule has 0 radical (unpaired) electrons. The number of likely N-dealkylation sites (N-methyl/N-ethyl adjacent to an activating group) is 1. The van der Waals surface area contributed by atoms with Gasteiger partial charge >= 0.3 is 0 Å². The Morgan fingerprint density at radius 3 is 2.54 bits per heavy atom. The van der Waals surface area contributed by atoms with E-state index in [-0.39, 0.29) is 11.5 Å². The number of fused-ring (bicyclic) bond motifs is 1. The minimum absolute atomic E-state index is 0.131. The summed E-state index contributed by atoms with van der Waals surface area (Å²) in [6, 6.07) is 18.4. The van der Waals surface area contributed by atoms with E-state index >= 15 is 0 Å². The SMILES string of the molecule is CCN(CC)C(=O)C1=C(C)N=c2s/c(=C/c3cc(Br)c(Sc4ccccc4)o3)c(=O)n2[C@@H]1c1ccc(Cl)cc1. The molecular weight excluding hydrogens is 618 g/mol. The van der Waals surface area contributed by atoms with E-state index in [0.29, 0.717) is 49.6 Å². The first-order valence-corrected chi connectivity index (χ1v) is 15.2. The van der Waals surface area contributed by atoms with Crippen LogP contribution in [0.4, 0.5) is 0 Å². The Morgan fingerprint density at radius 1 is 1.18 bits per heavy atom. The van der Waals surface area contributed by atoms with Gasteiger partial charge in [0.15, 0.2) is 9.89 Å². The number of carbonyl (C=O) groups is 1. The first-order chi connectivity index (χ1) is 18.8. The second-order valence-corrected chi connectivity index (χ2v) is 12.2. The summed E-state index contributed by atoms with van der Waals surface area (Å²) in [6.45, 7) is 6.82. The summed E-state index contributed by atoms with van der Waals surface area (Å²) in [6.07, 6.45) is 1.73. The van der Waals surface area contributed by atoms with Gasteiger partial charge in [0.25, 0.3) is 11.5 Å². The van der Waals surface area contributed by atoms with Crippen LogP contribution in [0.5, 0.6) is 0 Å². The third-order valence-electron chi connectivity index (χ3n) is 6.39. The van der Waals surface area contributed by atoms with E-state index in [4.69, 9.17) is 21.0 Å². The lowest BCUT2D eigenvalue weighted by molar-refractivity contribution is -0.127. The van der Waals surface area contributed by atoms with Gasteiger partial charge in [-0.1, -0.05) is 65.0 Å². The van der Waals surface area contributed by atoms with Gasteiger partial charge in [0.1, 0.15) is 5.76 Å².